The number of carbonyl (C=O) groups is 1. The summed E-state index contributed by atoms with van der Waals surface area (Å²) in [7, 11) is 0. The van der Waals surface area contributed by atoms with Crippen molar-refractivity contribution in [2.24, 2.45) is 0 Å². The Morgan fingerprint density at radius 1 is 1.17 bits per heavy atom. The van der Waals surface area contributed by atoms with Crippen LogP contribution in [0.3, 0.4) is 0 Å². The van der Waals surface area contributed by atoms with Crippen LogP contribution in [0.25, 0.3) is 21.9 Å². The molecule has 1 aliphatic heterocycles. The van der Waals surface area contributed by atoms with Gasteiger partial charge in [-0.1, -0.05) is 17.7 Å². The van der Waals surface area contributed by atoms with E-state index in [0.29, 0.717) is 5.02 Å². The van der Waals surface area contributed by atoms with Gasteiger partial charge in [0.15, 0.2) is 0 Å². The molecular formula is C22H22ClN5O2. The molecule has 0 atom stereocenters. The standard InChI is InChI=1S/C22H22ClN5O2/c23-16-2-1-15-5-6-28(20(15)11-16)14-22(29)24-17-3-4-18-19(12-17)26-21(25-18)13-27-7-9-30-10-8-27/h1-6,11-12H,7-10,13-14H2,(H,24,29)(H,25,26). The van der Waals surface area contributed by atoms with Crippen LogP contribution < -0.4 is 5.32 Å². The number of ether oxygens (including phenoxy) is 1. The number of halogens is 1. The van der Waals surface area contributed by atoms with E-state index in [4.69, 9.17) is 16.3 Å². The van der Waals surface area contributed by atoms with Crippen molar-refractivity contribution in [1.82, 2.24) is 19.4 Å². The number of hydrogen-bond acceptors (Lipinski definition) is 4. The second-order valence-corrected chi connectivity index (χ2v) is 7.94. The van der Waals surface area contributed by atoms with Crippen LogP contribution >= 0.6 is 11.6 Å². The first-order valence-corrected chi connectivity index (χ1v) is 10.3. The van der Waals surface area contributed by atoms with Crippen LogP contribution in [0.15, 0.2) is 48.7 Å². The summed E-state index contributed by atoms with van der Waals surface area (Å²) in [5.74, 6) is 0.825. The first-order chi connectivity index (χ1) is 14.6. The number of benzene rings is 2. The maximum atomic E-state index is 12.6. The molecule has 1 amide bonds. The van der Waals surface area contributed by atoms with E-state index in [9.17, 15) is 4.79 Å². The molecule has 0 bridgehead atoms. The van der Waals surface area contributed by atoms with Crippen molar-refractivity contribution in [3.05, 3.63) is 59.5 Å². The third kappa shape index (κ3) is 4.05. The maximum absolute atomic E-state index is 12.6. The van der Waals surface area contributed by atoms with E-state index < -0.39 is 0 Å². The number of morpholine rings is 1. The number of rotatable bonds is 5. The molecule has 0 unspecified atom stereocenters. The summed E-state index contributed by atoms with van der Waals surface area (Å²) in [6.45, 7) is 4.34. The number of H-pyrrole nitrogens is 1. The van der Waals surface area contributed by atoms with Gasteiger partial charge in [-0.05, 0) is 41.8 Å². The molecule has 2 N–H and O–H groups in total. The summed E-state index contributed by atoms with van der Waals surface area (Å²) in [4.78, 5) is 23.0. The van der Waals surface area contributed by atoms with Crippen LogP contribution in [-0.2, 0) is 22.6 Å². The van der Waals surface area contributed by atoms with Gasteiger partial charge < -0.3 is 19.6 Å². The van der Waals surface area contributed by atoms with E-state index in [-0.39, 0.29) is 12.5 Å². The van der Waals surface area contributed by atoms with Gasteiger partial charge >= 0.3 is 0 Å². The molecule has 30 heavy (non-hydrogen) atoms. The predicted octanol–water partition coefficient (Wildman–Crippen LogP) is 3.64. The van der Waals surface area contributed by atoms with Crippen molar-refractivity contribution in [1.29, 1.82) is 0 Å². The third-order valence-corrected chi connectivity index (χ3v) is 5.58. The molecule has 2 aromatic heterocycles. The van der Waals surface area contributed by atoms with Gasteiger partial charge in [0, 0.05) is 35.5 Å². The minimum Gasteiger partial charge on any atom is -0.379 e. The molecule has 0 saturated carbocycles. The fourth-order valence-corrected chi connectivity index (χ4v) is 4.00. The van der Waals surface area contributed by atoms with Crippen molar-refractivity contribution in [3.8, 4) is 0 Å². The normalized spacial score (nSPS) is 15.1. The van der Waals surface area contributed by atoms with Gasteiger partial charge in [-0.2, -0.15) is 0 Å². The molecule has 7 nitrogen and oxygen atoms in total. The number of imidazole rings is 1. The number of aromatic nitrogens is 3. The highest BCUT2D eigenvalue weighted by atomic mass is 35.5. The summed E-state index contributed by atoms with van der Waals surface area (Å²) >= 11 is 6.10. The molecule has 0 radical (unpaired) electrons. The Morgan fingerprint density at radius 2 is 2.03 bits per heavy atom. The average molecular weight is 424 g/mol. The van der Waals surface area contributed by atoms with Crippen molar-refractivity contribution in [2.45, 2.75) is 13.1 Å². The van der Waals surface area contributed by atoms with Crippen LogP contribution in [0.5, 0.6) is 0 Å². The number of aromatic amines is 1. The van der Waals surface area contributed by atoms with Gasteiger partial charge in [-0.15, -0.1) is 0 Å². The van der Waals surface area contributed by atoms with E-state index >= 15 is 0 Å². The van der Waals surface area contributed by atoms with Crippen LogP contribution in [0, 0.1) is 0 Å². The molecule has 2 aromatic carbocycles. The number of nitrogens with zero attached hydrogens (tertiary/aromatic N) is 3. The summed E-state index contributed by atoms with van der Waals surface area (Å²) in [5, 5.41) is 4.68. The van der Waals surface area contributed by atoms with Gasteiger partial charge in [0.2, 0.25) is 5.91 Å². The summed E-state index contributed by atoms with van der Waals surface area (Å²) in [6.07, 6.45) is 1.90. The zero-order chi connectivity index (χ0) is 20.5. The lowest BCUT2D eigenvalue weighted by Gasteiger charge is -2.25. The Kier molecular flexibility index (Phi) is 5.16. The molecule has 8 heteroatoms. The van der Waals surface area contributed by atoms with Gasteiger partial charge in [0.05, 0.1) is 30.8 Å². The quantitative estimate of drug-likeness (QED) is 0.514. The second-order valence-electron chi connectivity index (χ2n) is 7.50. The number of nitrogens with one attached hydrogen (secondary N) is 2. The maximum Gasteiger partial charge on any atom is 0.244 e. The van der Waals surface area contributed by atoms with Gasteiger partial charge in [0.25, 0.3) is 0 Å². The minimum absolute atomic E-state index is 0.0973. The molecule has 1 saturated heterocycles. The Balaban J connectivity index is 1.28. The Bertz CT molecular complexity index is 1210. The fraction of sp³-hybridized carbons (Fsp3) is 0.273. The van der Waals surface area contributed by atoms with E-state index in [0.717, 1.165) is 66.3 Å². The Labute approximate surface area is 178 Å². The first kappa shape index (κ1) is 19.1. The molecule has 0 aliphatic carbocycles. The van der Waals surface area contributed by atoms with E-state index in [1.54, 1.807) is 0 Å². The monoisotopic (exact) mass is 423 g/mol. The smallest absolute Gasteiger partial charge is 0.244 e. The highest BCUT2D eigenvalue weighted by Crippen LogP contribution is 2.21. The molecule has 4 aromatic rings. The van der Waals surface area contributed by atoms with Crippen LogP contribution in [-0.4, -0.2) is 51.6 Å². The summed E-state index contributed by atoms with van der Waals surface area (Å²) in [5.41, 5.74) is 3.48. The lowest BCUT2D eigenvalue weighted by atomic mass is 10.2. The lowest BCUT2D eigenvalue weighted by molar-refractivity contribution is -0.116. The molecule has 3 heterocycles. The zero-order valence-electron chi connectivity index (χ0n) is 16.4. The molecule has 1 fully saturated rings. The average Bonchev–Trinajstić information content (AvgIpc) is 3.31. The van der Waals surface area contributed by atoms with Crippen molar-refractivity contribution in [2.75, 3.05) is 31.6 Å². The highest BCUT2D eigenvalue weighted by molar-refractivity contribution is 6.31. The van der Waals surface area contributed by atoms with Crippen LogP contribution in [0.4, 0.5) is 5.69 Å². The second kappa shape index (κ2) is 8.10. The number of anilines is 1. The largest absolute Gasteiger partial charge is 0.379 e. The number of fused-ring (bicyclic) bond motifs is 2. The Morgan fingerprint density at radius 3 is 2.90 bits per heavy atom. The van der Waals surface area contributed by atoms with E-state index in [1.165, 1.54) is 0 Å². The molecule has 5 rings (SSSR count). The topological polar surface area (TPSA) is 75.2 Å². The number of amides is 1. The predicted molar refractivity (Wildman–Crippen MR) is 118 cm³/mol. The van der Waals surface area contributed by atoms with Gasteiger partial charge in [0.1, 0.15) is 12.4 Å². The van der Waals surface area contributed by atoms with Crippen LogP contribution in [0.2, 0.25) is 5.02 Å². The van der Waals surface area contributed by atoms with Crippen molar-refractivity contribution in [3.63, 3.8) is 0 Å². The van der Waals surface area contributed by atoms with Crippen molar-refractivity contribution >= 4 is 45.1 Å². The fourth-order valence-electron chi connectivity index (χ4n) is 3.84. The minimum atomic E-state index is -0.0973. The third-order valence-electron chi connectivity index (χ3n) is 5.34. The number of hydrogen-bond donors (Lipinski definition) is 2. The zero-order valence-corrected chi connectivity index (χ0v) is 17.2. The van der Waals surface area contributed by atoms with Gasteiger partial charge in [-0.3, -0.25) is 9.69 Å². The van der Waals surface area contributed by atoms with Crippen molar-refractivity contribution < 1.29 is 9.53 Å². The highest BCUT2D eigenvalue weighted by Gasteiger charge is 2.14. The Hall–Kier alpha value is -2.87. The summed E-state index contributed by atoms with van der Waals surface area (Å²) < 4.78 is 7.29. The SMILES string of the molecule is O=C(Cn1ccc2ccc(Cl)cc21)Nc1ccc2nc(CN3CCOCC3)[nH]c2c1. The summed E-state index contributed by atoms with van der Waals surface area (Å²) in [6, 6.07) is 13.4. The first-order valence-electron chi connectivity index (χ1n) is 9.97. The van der Waals surface area contributed by atoms with E-state index in [2.05, 4.69) is 20.2 Å². The number of carbonyl (C=O) groups excluding carboxylic acids is 1. The molecule has 1 aliphatic rings. The lowest BCUT2D eigenvalue weighted by Crippen LogP contribution is -2.35. The van der Waals surface area contributed by atoms with Gasteiger partial charge in [-0.25, -0.2) is 4.98 Å². The van der Waals surface area contributed by atoms with E-state index in [1.807, 2.05) is 53.2 Å². The molecular weight excluding hydrogens is 402 g/mol. The van der Waals surface area contributed by atoms with Crippen LogP contribution in [0.1, 0.15) is 5.82 Å². The molecule has 0 spiro atoms. The molecule has 154 valence electrons.